The van der Waals surface area contributed by atoms with Crippen molar-refractivity contribution in [1.82, 2.24) is 29.7 Å². The molecule has 1 atom stereocenters. The van der Waals surface area contributed by atoms with Gasteiger partial charge in [0.1, 0.15) is 5.82 Å². The summed E-state index contributed by atoms with van der Waals surface area (Å²) >= 11 is 0. The maximum Gasteiger partial charge on any atom is 0.251 e. The summed E-state index contributed by atoms with van der Waals surface area (Å²) in [6.07, 6.45) is 7.66. The Kier molecular flexibility index (Phi) is 5.70. The first-order chi connectivity index (χ1) is 16.5. The fourth-order valence-corrected chi connectivity index (χ4v) is 4.00. The van der Waals surface area contributed by atoms with Crippen LogP contribution in [0.2, 0.25) is 0 Å². The summed E-state index contributed by atoms with van der Waals surface area (Å²) in [4.78, 5) is 16.8. The average molecular weight is 467 g/mol. The average Bonchev–Trinajstić information content (AvgIpc) is 3.61. The van der Waals surface area contributed by atoms with Gasteiger partial charge in [-0.1, -0.05) is 0 Å². The van der Waals surface area contributed by atoms with Crippen molar-refractivity contribution in [2.24, 2.45) is 0 Å². The first kappa shape index (κ1) is 22.0. The van der Waals surface area contributed by atoms with Gasteiger partial charge in [0.15, 0.2) is 17.3 Å². The highest BCUT2D eigenvalue weighted by Gasteiger charge is 2.23. The predicted molar refractivity (Wildman–Crippen MR) is 121 cm³/mol. The summed E-state index contributed by atoms with van der Waals surface area (Å²) in [7, 11) is 1.42. The Labute approximate surface area is 193 Å². The molecule has 4 heterocycles. The predicted octanol–water partition coefficient (Wildman–Crippen LogP) is 3.12. The fraction of sp³-hybridized carbons (Fsp3) is 0.304. The van der Waals surface area contributed by atoms with Gasteiger partial charge in [-0.05, 0) is 25.5 Å². The van der Waals surface area contributed by atoms with E-state index in [2.05, 4.69) is 20.8 Å². The molecule has 0 saturated carbocycles. The van der Waals surface area contributed by atoms with Gasteiger partial charge < -0.3 is 15.4 Å². The number of anilines is 1. The van der Waals surface area contributed by atoms with Gasteiger partial charge in [-0.3, -0.25) is 9.48 Å². The Balaban J connectivity index is 1.67. The van der Waals surface area contributed by atoms with E-state index in [-0.39, 0.29) is 22.7 Å². The minimum absolute atomic E-state index is 0.000743. The number of hydrogen-bond donors (Lipinski definition) is 2. The first-order valence-electron chi connectivity index (χ1n) is 11.0. The molecule has 1 fully saturated rings. The van der Waals surface area contributed by atoms with E-state index in [1.165, 1.54) is 23.8 Å². The highest BCUT2D eigenvalue weighted by atomic mass is 19.2. The number of halogens is 2. The normalized spacial score (nSPS) is 15.7. The van der Waals surface area contributed by atoms with Gasteiger partial charge in [0.05, 0.1) is 25.0 Å². The van der Waals surface area contributed by atoms with E-state index in [1.807, 2.05) is 13.1 Å². The van der Waals surface area contributed by atoms with E-state index < -0.39 is 17.5 Å². The van der Waals surface area contributed by atoms with Crippen LogP contribution in [0.15, 0.2) is 36.9 Å². The molecule has 2 N–H and O–H groups in total. The number of aromatic nitrogens is 5. The van der Waals surface area contributed by atoms with Crippen molar-refractivity contribution in [3.8, 4) is 22.3 Å². The van der Waals surface area contributed by atoms with Crippen LogP contribution in [-0.4, -0.2) is 56.6 Å². The Bertz CT molecular complexity index is 1380. The minimum Gasteiger partial charge on any atom is -0.379 e. The number of amides is 1. The molecular formula is C23H23F2N7O2. The van der Waals surface area contributed by atoms with Crippen LogP contribution in [0, 0.1) is 11.6 Å². The minimum atomic E-state index is -1.12. The van der Waals surface area contributed by atoms with Crippen LogP contribution in [0.4, 0.5) is 14.6 Å². The molecule has 1 aliphatic heterocycles. The number of aryl methyl sites for hydroxylation is 1. The Morgan fingerprint density at radius 2 is 2.03 bits per heavy atom. The maximum atomic E-state index is 14.8. The van der Waals surface area contributed by atoms with Gasteiger partial charge in [-0.25, -0.2) is 18.3 Å². The Hall–Kier alpha value is -3.86. The fourth-order valence-electron chi connectivity index (χ4n) is 4.00. The molecule has 0 aliphatic carbocycles. The van der Waals surface area contributed by atoms with E-state index >= 15 is 0 Å². The van der Waals surface area contributed by atoms with Crippen molar-refractivity contribution < 1.29 is 18.3 Å². The van der Waals surface area contributed by atoms with Crippen molar-refractivity contribution in [3.63, 3.8) is 0 Å². The van der Waals surface area contributed by atoms with Gasteiger partial charge in [0.2, 0.25) is 0 Å². The second kappa shape index (κ2) is 8.82. The first-order valence-corrected chi connectivity index (χ1v) is 11.0. The molecule has 0 bridgehead atoms. The summed E-state index contributed by atoms with van der Waals surface area (Å²) in [6.45, 7) is 3.90. The van der Waals surface area contributed by atoms with E-state index in [4.69, 9.17) is 9.72 Å². The van der Waals surface area contributed by atoms with Crippen LogP contribution in [-0.2, 0) is 11.3 Å². The van der Waals surface area contributed by atoms with Gasteiger partial charge in [0.25, 0.3) is 5.91 Å². The lowest BCUT2D eigenvalue weighted by atomic mass is 10.0. The molecule has 1 unspecified atom stereocenters. The van der Waals surface area contributed by atoms with Crippen LogP contribution in [0.1, 0.15) is 23.7 Å². The molecule has 5 rings (SSSR count). The lowest BCUT2D eigenvalue weighted by molar-refractivity contribution is 0.0962. The standard InChI is InChI=1S/C23H23F2N7O2/c1-3-31-10-14(8-27-31)18-11-32-22(30-21(18)29-15-4-5-34-12-15)17(9-28-32)16-6-13(23(33)26-2)7-19(24)20(16)25/h6-11,15H,3-5,12H2,1-2H3,(H,26,33)(H,29,30). The topological polar surface area (TPSA) is 98.4 Å². The van der Waals surface area contributed by atoms with Gasteiger partial charge >= 0.3 is 0 Å². The number of ether oxygens (including phenoxy) is 1. The maximum absolute atomic E-state index is 14.8. The van der Waals surface area contributed by atoms with Gasteiger partial charge in [-0.2, -0.15) is 10.2 Å². The molecule has 4 aromatic rings. The molecule has 1 aliphatic rings. The number of fused-ring (bicyclic) bond motifs is 1. The summed E-state index contributed by atoms with van der Waals surface area (Å²) < 4.78 is 38.0. The van der Waals surface area contributed by atoms with Crippen LogP contribution >= 0.6 is 0 Å². The molecule has 176 valence electrons. The number of nitrogens with zero attached hydrogens (tertiary/aromatic N) is 5. The van der Waals surface area contributed by atoms with Crippen molar-refractivity contribution in [2.45, 2.75) is 25.9 Å². The van der Waals surface area contributed by atoms with Crippen molar-refractivity contribution in [1.29, 1.82) is 0 Å². The molecule has 0 spiro atoms. The second-order valence-electron chi connectivity index (χ2n) is 8.02. The molecule has 34 heavy (non-hydrogen) atoms. The SMILES string of the molecule is CCn1cc(-c2cn3ncc(-c4cc(C(=O)NC)cc(F)c4F)c3nc2NC2CCOC2)cn1. The highest BCUT2D eigenvalue weighted by Crippen LogP contribution is 2.33. The van der Waals surface area contributed by atoms with Crippen molar-refractivity contribution in [3.05, 3.63) is 54.1 Å². The third-order valence-corrected chi connectivity index (χ3v) is 5.84. The van der Waals surface area contributed by atoms with Crippen LogP contribution in [0.3, 0.4) is 0 Å². The van der Waals surface area contributed by atoms with E-state index in [1.54, 1.807) is 17.1 Å². The van der Waals surface area contributed by atoms with Crippen LogP contribution < -0.4 is 10.6 Å². The monoisotopic (exact) mass is 467 g/mol. The van der Waals surface area contributed by atoms with Crippen molar-refractivity contribution >= 4 is 17.4 Å². The van der Waals surface area contributed by atoms with E-state index in [0.29, 0.717) is 31.2 Å². The number of hydrogen-bond acceptors (Lipinski definition) is 6. The van der Waals surface area contributed by atoms with E-state index in [9.17, 15) is 13.6 Å². The lowest BCUT2D eigenvalue weighted by Crippen LogP contribution is -2.20. The third-order valence-electron chi connectivity index (χ3n) is 5.84. The van der Waals surface area contributed by atoms with Crippen molar-refractivity contribution in [2.75, 3.05) is 25.6 Å². The summed E-state index contributed by atoms with van der Waals surface area (Å²) in [5, 5.41) is 14.5. The number of rotatable bonds is 6. The molecule has 1 aromatic carbocycles. The molecular weight excluding hydrogens is 444 g/mol. The summed E-state index contributed by atoms with van der Waals surface area (Å²) in [5.41, 5.74) is 2.10. The molecule has 11 heteroatoms. The molecule has 1 saturated heterocycles. The smallest absolute Gasteiger partial charge is 0.251 e. The highest BCUT2D eigenvalue weighted by molar-refractivity contribution is 5.96. The van der Waals surface area contributed by atoms with Gasteiger partial charge in [-0.15, -0.1) is 0 Å². The summed E-state index contributed by atoms with van der Waals surface area (Å²) in [6, 6.07) is 2.23. The number of carbonyl (C=O) groups is 1. The molecule has 0 radical (unpaired) electrons. The molecule has 9 nitrogen and oxygen atoms in total. The summed E-state index contributed by atoms with van der Waals surface area (Å²) in [5.74, 6) is -2.16. The Morgan fingerprint density at radius 1 is 1.18 bits per heavy atom. The lowest BCUT2D eigenvalue weighted by Gasteiger charge is -2.15. The largest absolute Gasteiger partial charge is 0.379 e. The second-order valence-corrected chi connectivity index (χ2v) is 8.02. The quantitative estimate of drug-likeness (QED) is 0.452. The van der Waals surface area contributed by atoms with E-state index in [0.717, 1.165) is 23.6 Å². The van der Waals surface area contributed by atoms with Crippen LogP contribution in [0.5, 0.6) is 0 Å². The molecule has 3 aromatic heterocycles. The zero-order valence-corrected chi connectivity index (χ0v) is 18.7. The third kappa shape index (κ3) is 3.87. The Morgan fingerprint density at radius 3 is 2.74 bits per heavy atom. The molecule has 1 amide bonds. The van der Waals surface area contributed by atoms with Crippen LogP contribution in [0.25, 0.3) is 27.9 Å². The van der Waals surface area contributed by atoms with Gasteiger partial charge in [0, 0.05) is 60.4 Å². The number of benzene rings is 1. The number of nitrogens with one attached hydrogen (secondary N) is 2. The zero-order chi connectivity index (χ0) is 23.8. The zero-order valence-electron chi connectivity index (χ0n) is 18.7. The number of carbonyl (C=O) groups excluding carboxylic acids is 1.